The number of aliphatic carboxylic acids is 1. The molecule has 0 radical (unpaired) electrons. The normalized spacial score (nSPS) is 12.0. The third kappa shape index (κ3) is 3.73. The van der Waals surface area contributed by atoms with E-state index in [1.807, 2.05) is 42.5 Å². The monoisotopic (exact) mass is 297 g/mol. The van der Waals surface area contributed by atoms with Gasteiger partial charge in [0.05, 0.1) is 0 Å². The van der Waals surface area contributed by atoms with Crippen molar-refractivity contribution in [2.45, 2.75) is 19.9 Å². The van der Waals surface area contributed by atoms with Gasteiger partial charge in [0.25, 0.3) is 5.91 Å². The lowest BCUT2D eigenvalue weighted by Gasteiger charge is -2.17. The zero-order valence-electron chi connectivity index (χ0n) is 12.6. The second-order valence-corrected chi connectivity index (χ2v) is 5.48. The van der Waals surface area contributed by atoms with E-state index in [4.69, 9.17) is 5.11 Å². The van der Waals surface area contributed by atoms with Crippen molar-refractivity contribution >= 4 is 11.9 Å². The summed E-state index contributed by atoms with van der Waals surface area (Å²) in [5, 5.41) is 11.7. The first-order chi connectivity index (χ1) is 10.5. The van der Waals surface area contributed by atoms with Crippen LogP contribution in [0.2, 0.25) is 0 Å². The predicted molar refractivity (Wildman–Crippen MR) is 85.6 cm³/mol. The van der Waals surface area contributed by atoms with Crippen LogP contribution in [0.5, 0.6) is 0 Å². The van der Waals surface area contributed by atoms with Crippen LogP contribution in [-0.2, 0) is 4.79 Å². The van der Waals surface area contributed by atoms with Crippen LogP contribution < -0.4 is 5.32 Å². The molecule has 4 heteroatoms. The van der Waals surface area contributed by atoms with Crippen molar-refractivity contribution in [3.63, 3.8) is 0 Å². The lowest BCUT2D eigenvalue weighted by Crippen LogP contribution is -2.44. The molecule has 2 N–H and O–H groups in total. The molecule has 0 unspecified atom stereocenters. The fraction of sp³-hybridized carbons (Fsp3) is 0.222. The Morgan fingerprint density at radius 3 is 1.95 bits per heavy atom. The van der Waals surface area contributed by atoms with E-state index in [9.17, 15) is 9.59 Å². The number of carbonyl (C=O) groups excluding carboxylic acids is 1. The minimum atomic E-state index is -1.02. The highest BCUT2D eigenvalue weighted by Crippen LogP contribution is 2.19. The van der Waals surface area contributed by atoms with Gasteiger partial charge in [-0.1, -0.05) is 56.3 Å². The molecule has 0 aliphatic rings. The standard InChI is InChI=1S/C18H19NO3/c1-12(2)16(18(21)22)19-17(20)15-10-8-14(9-11-15)13-6-4-3-5-7-13/h3-12,16H,1-2H3,(H,19,20)(H,21,22)/t16-/m1/s1. The van der Waals surface area contributed by atoms with Gasteiger partial charge in [-0.05, 0) is 29.2 Å². The van der Waals surface area contributed by atoms with E-state index in [1.165, 1.54) is 0 Å². The number of benzene rings is 2. The fourth-order valence-corrected chi connectivity index (χ4v) is 2.18. The SMILES string of the molecule is CC(C)[C@@H](NC(=O)c1ccc(-c2ccccc2)cc1)C(=O)O. The Balaban J connectivity index is 2.13. The van der Waals surface area contributed by atoms with Gasteiger partial charge in [-0.2, -0.15) is 0 Å². The lowest BCUT2D eigenvalue weighted by molar-refractivity contribution is -0.140. The van der Waals surface area contributed by atoms with Crippen LogP contribution in [0, 0.1) is 5.92 Å². The van der Waals surface area contributed by atoms with Crippen molar-refractivity contribution in [3.05, 3.63) is 60.2 Å². The molecule has 1 amide bonds. The van der Waals surface area contributed by atoms with Gasteiger partial charge in [0.2, 0.25) is 0 Å². The van der Waals surface area contributed by atoms with Gasteiger partial charge in [0.1, 0.15) is 6.04 Å². The summed E-state index contributed by atoms with van der Waals surface area (Å²) in [5.74, 6) is -1.57. The summed E-state index contributed by atoms with van der Waals surface area (Å²) in [7, 11) is 0. The van der Waals surface area contributed by atoms with Crippen LogP contribution in [0.25, 0.3) is 11.1 Å². The van der Waals surface area contributed by atoms with Crippen molar-refractivity contribution in [3.8, 4) is 11.1 Å². The molecule has 0 bridgehead atoms. The second kappa shape index (κ2) is 6.89. The summed E-state index contributed by atoms with van der Waals surface area (Å²) in [5.41, 5.74) is 2.53. The number of rotatable bonds is 5. The first kappa shape index (κ1) is 15.8. The Labute approximate surface area is 129 Å². The van der Waals surface area contributed by atoms with Crippen molar-refractivity contribution in [1.29, 1.82) is 0 Å². The Kier molecular flexibility index (Phi) is 4.94. The van der Waals surface area contributed by atoms with Gasteiger partial charge in [0, 0.05) is 5.56 Å². The summed E-state index contributed by atoms with van der Waals surface area (Å²) in [6.45, 7) is 3.52. The van der Waals surface area contributed by atoms with E-state index in [2.05, 4.69) is 5.32 Å². The highest BCUT2D eigenvalue weighted by Gasteiger charge is 2.23. The number of nitrogens with one attached hydrogen (secondary N) is 1. The molecule has 0 aliphatic carbocycles. The number of carbonyl (C=O) groups is 2. The molecule has 114 valence electrons. The van der Waals surface area contributed by atoms with E-state index in [0.29, 0.717) is 5.56 Å². The number of hydrogen-bond donors (Lipinski definition) is 2. The van der Waals surface area contributed by atoms with Gasteiger partial charge >= 0.3 is 5.97 Å². The number of carboxylic acid groups (broad SMARTS) is 1. The summed E-state index contributed by atoms with van der Waals surface area (Å²) >= 11 is 0. The van der Waals surface area contributed by atoms with Gasteiger partial charge in [-0.15, -0.1) is 0 Å². The molecule has 0 fully saturated rings. The lowest BCUT2D eigenvalue weighted by atomic mass is 10.0. The zero-order chi connectivity index (χ0) is 16.1. The molecule has 0 saturated heterocycles. The van der Waals surface area contributed by atoms with Crippen LogP contribution in [0.1, 0.15) is 24.2 Å². The molecule has 0 aromatic heterocycles. The minimum absolute atomic E-state index is 0.176. The fourth-order valence-electron chi connectivity index (χ4n) is 2.18. The van der Waals surface area contributed by atoms with Crippen molar-refractivity contribution in [2.75, 3.05) is 0 Å². The quantitative estimate of drug-likeness (QED) is 0.890. The minimum Gasteiger partial charge on any atom is -0.480 e. The Bertz CT molecular complexity index is 648. The Hall–Kier alpha value is -2.62. The molecule has 4 nitrogen and oxygen atoms in total. The molecule has 2 aromatic rings. The molecule has 0 saturated carbocycles. The highest BCUT2D eigenvalue weighted by molar-refractivity contribution is 5.97. The Morgan fingerprint density at radius 1 is 0.909 bits per heavy atom. The van der Waals surface area contributed by atoms with Crippen molar-refractivity contribution < 1.29 is 14.7 Å². The Morgan fingerprint density at radius 2 is 1.45 bits per heavy atom. The predicted octanol–water partition coefficient (Wildman–Crippen LogP) is 3.19. The maximum absolute atomic E-state index is 12.1. The smallest absolute Gasteiger partial charge is 0.326 e. The van der Waals surface area contributed by atoms with Crippen LogP contribution in [0.4, 0.5) is 0 Å². The van der Waals surface area contributed by atoms with E-state index >= 15 is 0 Å². The third-order valence-corrected chi connectivity index (χ3v) is 3.47. The molecular weight excluding hydrogens is 278 g/mol. The van der Waals surface area contributed by atoms with E-state index in [1.54, 1.807) is 26.0 Å². The summed E-state index contributed by atoms with van der Waals surface area (Å²) in [4.78, 5) is 23.3. The topological polar surface area (TPSA) is 66.4 Å². The number of carboxylic acids is 1. The molecule has 0 heterocycles. The maximum atomic E-state index is 12.1. The average Bonchev–Trinajstić information content (AvgIpc) is 2.52. The maximum Gasteiger partial charge on any atom is 0.326 e. The first-order valence-electron chi connectivity index (χ1n) is 7.18. The second-order valence-electron chi connectivity index (χ2n) is 5.48. The van der Waals surface area contributed by atoms with E-state index in [-0.39, 0.29) is 11.8 Å². The van der Waals surface area contributed by atoms with Crippen LogP contribution in [0.15, 0.2) is 54.6 Å². The molecule has 0 spiro atoms. The van der Waals surface area contributed by atoms with E-state index < -0.39 is 12.0 Å². The van der Waals surface area contributed by atoms with Gasteiger partial charge in [-0.3, -0.25) is 4.79 Å². The first-order valence-corrected chi connectivity index (χ1v) is 7.18. The van der Waals surface area contributed by atoms with Crippen LogP contribution >= 0.6 is 0 Å². The molecule has 2 rings (SSSR count). The molecule has 0 aliphatic heterocycles. The molecular formula is C18H19NO3. The zero-order valence-corrected chi connectivity index (χ0v) is 12.6. The number of amides is 1. The third-order valence-electron chi connectivity index (χ3n) is 3.47. The van der Waals surface area contributed by atoms with Crippen molar-refractivity contribution in [2.24, 2.45) is 5.92 Å². The van der Waals surface area contributed by atoms with Gasteiger partial charge in [-0.25, -0.2) is 4.79 Å². The van der Waals surface area contributed by atoms with Crippen molar-refractivity contribution in [1.82, 2.24) is 5.32 Å². The van der Waals surface area contributed by atoms with Gasteiger partial charge in [0.15, 0.2) is 0 Å². The highest BCUT2D eigenvalue weighted by atomic mass is 16.4. The van der Waals surface area contributed by atoms with Gasteiger partial charge < -0.3 is 10.4 Å². The summed E-state index contributed by atoms with van der Waals surface area (Å²) < 4.78 is 0. The van der Waals surface area contributed by atoms with Crippen LogP contribution in [-0.4, -0.2) is 23.0 Å². The molecule has 1 atom stereocenters. The molecule has 22 heavy (non-hydrogen) atoms. The average molecular weight is 297 g/mol. The van der Waals surface area contributed by atoms with Crippen LogP contribution in [0.3, 0.4) is 0 Å². The number of hydrogen-bond acceptors (Lipinski definition) is 2. The summed E-state index contributed by atoms with van der Waals surface area (Å²) in [6, 6.07) is 16.1. The molecule has 2 aromatic carbocycles. The largest absolute Gasteiger partial charge is 0.480 e. The summed E-state index contributed by atoms with van der Waals surface area (Å²) in [6.07, 6.45) is 0. The van der Waals surface area contributed by atoms with E-state index in [0.717, 1.165) is 11.1 Å².